The zero-order valence-corrected chi connectivity index (χ0v) is 32.7. The lowest BCUT2D eigenvalue weighted by Crippen LogP contribution is -2.05. The van der Waals surface area contributed by atoms with E-state index >= 15 is 0 Å². The molecule has 0 aliphatic heterocycles. The molecule has 60 heavy (non-hydrogen) atoms. The van der Waals surface area contributed by atoms with Gasteiger partial charge in [-0.25, -0.2) is 0 Å². The van der Waals surface area contributed by atoms with Gasteiger partial charge in [0, 0.05) is 57.7 Å². The third-order valence-electron chi connectivity index (χ3n) is 12.9. The fourth-order valence-electron chi connectivity index (χ4n) is 10.0. The Balaban J connectivity index is 1.03. The maximum absolute atomic E-state index is 4.39. The summed E-state index contributed by atoms with van der Waals surface area (Å²) in [5.41, 5.74) is 17.3. The highest BCUT2D eigenvalue weighted by Crippen LogP contribution is 2.45. The van der Waals surface area contributed by atoms with Gasteiger partial charge in [-0.05, 0) is 164 Å². The summed E-state index contributed by atoms with van der Waals surface area (Å²) < 4.78 is 4.85. The normalized spacial score (nSPS) is 12.5. The van der Waals surface area contributed by atoms with Crippen LogP contribution < -0.4 is 0 Å². The van der Waals surface area contributed by atoms with E-state index in [0.717, 1.165) is 24.2 Å². The lowest BCUT2D eigenvalue weighted by atomic mass is 9.84. The van der Waals surface area contributed by atoms with Gasteiger partial charge < -0.3 is 9.13 Å². The van der Waals surface area contributed by atoms with E-state index in [0.29, 0.717) is 0 Å². The second-order valence-electron chi connectivity index (χ2n) is 16.2. The number of benzene rings is 8. The SMILES string of the molecule is c1ccc2cc(-c3ccc4c(c3)c3cc5c(cc3n4-c3ccncc3)-c3cc4c(cc3CC5)c3cc(-c5ccc6ccccc6c5)ccc3n4-c3ccncc3)ccc2c1. The molecule has 0 N–H and O–H groups in total. The van der Waals surface area contributed by atoms with Crippen LogP contribution >= 0.6 is 0 Å². The van der Waals surface area contributed by atoms with E-state index in [4.69, 9.17) is 0 Å². The van der Waals surface area contributed by atoms with Crippen molar-refractivity contribution in [1.29, 1.82) is 0 Å². The smallest absolute Gasteiger partial charge is 0.0547 e. The van der Waals surface area contributed by atoms with E-state index in [1.165, 1.54) is 110 Å². The Kier molecular flexibility index (Phi) is 7.10. The molecule has 4 heteroatoms. The summed E-state index contributed by atoms with van der Waals surface area (Å²) in [6.45, 7) is 0. The van der Waals surface area contributed by atoms with Crippen LogP contribution in [0.25, 0.3) is 110 Å². The van der Waals surface area contributed by atoms with Gasteiger partial charge >= 0.3 is 0 Å². The molecule has 0 amide bonds. The minimum Gasteiger partial charge on any atom is -0.309 e. The molecule has 4 heterocycles. The van der Waals surface area contributed by atoms with E-state index in [1.54, 1.807) is 0 Å². The highest BCUT2D eigenvalue weighted by molar-refractivity contribution is 6.14. The minimum absolute atomic E-state index is 0.988. The molecule has 0 saturated heterocycles. The molecular weight excluding hydrogens is 729 g/mol. The number of aromatic nitrogens is 4. The third kappa shape index (κ3) is 5.04. The van der Waals surface area contributed by atoms with Gasteiger partial charge in [-0.1, -0.05) is 84.9 Å². The van der Waals surface area contributed by atoms with E-state index in [1.807, 2.05) is 24.8 Å². The van der Waals surface area contributed by atoms with Gasteiger partial charge in [-0.3, -0.25) is 9.97 Å². The Morgan fingerprint density at radius 1 is 0.317 bits per heavy atom. The lowest BCUT2D eigenvalue weighted by molar-refractivity contribution is 0.946. The Labute approximate surface area is 346 Å². The van der Waals surface area contributed by atoms with Crippen molar-refractivity contribution in [2.75, 3.05) is 0 Å². The molecule has 0 fully saturated rings. The van der Waals surface area contributed by atoms with Gasteiger partial charge in [0.1, 0.15) is 0 Å². The minimum atomic E-state index is 0.988. The predicted octanol–water partition coefficient (Wildman–Crippen LogP) is 14.1. The first kappa shape index (κ1) is 33.2. The van der Waals surface area contributed by atoms with Crippen LogP contribution in [0.15, 0.2) is 195 Å². The van der Waals surface area contributed by atoms with Crippen LogP contribution in [-0.2, 0) is 12.8 Å². The van der Waals surface area contributed by atoms with Crippen LogP contribution in [0.1, 0.15) is 11.1 Å². The maximum Gasteiger partial charge on any atom is 0.0547 e. The topological polar surface area (TPSA) is 35.6 Å². The summed E-state index contributed by atoms with van der Waals surface area (Å²) in [5.74, 6) is 0. The average Bonchev–Trinajstić information content (AvgIpc) is 3.81. The first-order valence-corrected chi connectivity index (χ1v) is 20.7. The van der Waals surface area contributed by atoms with Gasteiger partial charge in [0.25, 0.3) is 0 Å². The molecule has 0 saturated carbocycles. The number of aryl methyl sites for hydroxylation is 2. The van der Waals surface area contributed by atoms with E-state index in [2.05, 4.69) is 189 Å². The summed E-state index contributed by atoms with van der Waals surface area (Å²) in [6.07, 6.45) is 9.55. The molecule has 12 aromatic rings. The Morgan fingerprint density at radius 3 is 1.15 bits per heavy atom. The molecule has 0 spiro atoms. The molecule has 1 aliphatic carbocycles. The van der Waals surface area contributed by atoms with Crippen LogP contribution in [0.3, 0.4) is 0 Å². The molecule has 0 radical (unpaired) electrons. The fourth-order valence-corrected chi connectivity index (χ4v) is 10.0. The Hall–Kier alpha value is -7.82. The highest BCUT2D eigenvalue weighted by Gasteiger charge is 2.24. The number of hydrogen-bond acceptors (Lipinski definition) is 2. The van der Waals surface area contributed by atoms with Gasteiger partial charge in [0.15, 0.2) is 0 Å². The van der Waals surface area contributed by atoms with Crippen molar-refractivity contribution < 1.29 is 0 Å². The summed E-state index contributed by atoms with van der Waals surface area (Å²) in [6, 6.07) is 63.1. The summed E-state index contributed by atoms with van der Waals surface area (Å²) in [5, 5.41) is 10.1. The van der Waals surface area contributed by atoms with Gasteiger partial charge in [-0.2, -0.15) is 0 Å². The second kappa shape index (κ2) is 12.8. The largest absolute Gasteiger partial charge is 0.309 e. The molecule has 8 aromatic carbocycles. The monoisotopic (exact) mass is 764 g/mol. The molecular formula is C56H36N4. The number of fused-ring (bicyclic) bond motifs is 11. The van der Waals surface area contributed by atoms with Crippen molar-refractivity contribution in [3.05, 3.63) is 206 Å². The number of nitrogens with zero attached hydrogens (tertiary/aromatic N) is 4. The summed E-state index contributed by atoms with van der Waals surface area (Å²) >= 11 is 0. The molecule has 0 bridgehead atoms. The fraction of sp³-hybridized carbons (Fsp3) is 0.0357. The molecule has 1 aliphatic rings. The zero-order valence-electron chi connectivity index (χ0n) is 32.7. The van der Waals surface area contributed by atoms with Crippen molar-refractivity contribution in [2.45, 2.75) is 12.8 Å². The number of pyridine rings is 2. The first-order chi connectivity index (χ1) is 29.7. The molecule has 4 aromatic heterocycles. The number of rotatable bonds is 4. The Morgan fingerprint density at radius 2 is 0.700 bits per heavy atom. The average molecular weight is 765 g/mol. The molecule has 0 unspecified atom stereocenters. The summed E-state index contributed by atoms with van der Waals surface area (Å²) in [4.78, 5) is 8.78. The zero-order chi connectivity index (χ0) is 39.3. The van der Waals surface area contributed by atoms with E-state index in [9.17, 15) is 0 Å². The van der Waals surface area contributed by atoms with Crippen LogP contribution in [0.5, 0.6) is 0 Å². The highest BCUT2D eigenvalue weighted by atomic mass is 15.0. The molecule has 13 rings (SSSR count). The van der Waals surface area contributed by atoms with E-state index in [-0.39, 0.29) is 0 Å². The quantitative estimate of drug-likeness (QED) is 0.179. The van der Waals surface area contributed by atoms with Crippen molar-refractivity contribution in [1.82, 2.24) is 19.1 Å². The van der Waals surface area contributed by atoms with Crippen LogP contribution in [-0.4, -0.2) is 19.1 Å². The summed E-state index contributed by atoms with van der Waals surface area (Å²) in [7, 11) is 0. The standard InChI is InChI=1S/C56H36N4/c1-3-7-37-27-39(11-9-35(37)5-1)41-15-17-53-49(29-41)51-31-43-13-14-44-32-52-50-30-42(40-12-10-36-6-2-4-8-38(36)28-40)16-18-54(50)60(46-21-25-58-26-22-46)56(52)34-48(44)47(43)33-55(51)59(53)45-19-23-57-24-20-45/h1-12,15-34H,13-14H2. The van der Waals surface area contributed by atoms with Crippen molar-refractivity contribution >= 4 is 65.2 Å². The molecule has 0 atom stereocenters. The van der Waals surface area contributed by atoms with E-state index < -0.39 is 0 Å². The van der Waals surface area contributed by atoms with Crippen LogP contribution in [0.4, 0.5) is 0 Å². The third-order valence-corrected chi connectivity index (χ3v) is 12.9. The second-order valence-corrected chi connectivity index (χ2v) is 16.2. The van der Waals surface area contributed by atoms with Crippen molar-refractivity contribution in [3.63, 3.8) is 0 Å². The van der Waals surface area contributed by atoms with Crippen molar-refractivity contribution in [3.8, 4) is 44.8 Å². The molecule has 4 nitrogen and oxygen atoms in total. The Bertz CT molecular complexity index is 3460. The molecule has 280 valence electrons. The van der Waals surface area contributed by atoms with Gasteiger partial charge in [0.2, 0.25) is 0 Å². The van der Waals surface area contributed by atoms with Crippen LogP contribution in [0.2, 0.25) is 0 Å². The lowest BCUT2D eigenvalue weighted by Gasteiger charge is -2.21. The first-order valence-electron chi connectivity index (χ1n) is 20.7. The van der Waals surface area contributed by atoms with Crippen molar-refractivity contribution in [2.24, 2.45) is 0 Å². The van der Waals surface area contributed by atoms with Crippen LogP contribution in [0, 0.1) is 0 Å². The predicted molar refractivity (Wildman–Crippen MR) is 249 cm³/mol. The van der Waals surface area contributed by atoms with Gasteiger partial charge in [0.05, 0.1) is 22.1 Å². The maximum atomic E-state index is 4.39. The number of hydrogen-bond donors (Lipinski definition) is 0. The van der Waals surface area contributed by atoms with Gasteiger partial charge in [-0.15, -0.1) is 0 Å².